The third-order valence-corrected chi connectivity index (χ3v) is 4.11. The summed E-state index contributed by atoms with van der Waals surface area (Å²) >= 11 is 6.27. The summed E-state index contributed by atoms with van der Waals surface area (Å²) in [6.45, 7) is 6.87. The van der Waals surface area contributed by atoms with Crippen molar-refractivity contribution in [3.05, 3.63) is 16.4 Å². The molecule has 2 rings (SSSR count). The Morgan fingerprint density at radius 2 is 1.95 bits per heavy atom. The largest absolute Gasteiger partial charge is 0.409 e. The zero-order valence-corrected chi connectivity index (χ0v) is 12.6. The van der Waals surface area contributed by atoms with Gasteiger partial charge in [-0.1, -0.05) is 16.8 Å². The number of halogens is 1. The van der Waals surface area contributed by atoms with Gasteiger partial charge < -0.3 is 10.9 Å². The molecule has 0 atom stereocenters. The molecular formula is C12H21ClN6O. The van der Waals surface area contributed by atoms with Crippen molar-refractivity contribution in [2.45, 2.75) is 13.5 Å². The van der Waals surface area contributed by atoms with Gasteiger partial charge in [0.05, 0.1) is 23.0 Å². The van der Waals surface area contributed by atoms with Crippen LogP contribution >= 0.6 is 11.6 Å². The van der Waals surface area contributed by atoms with E-state index in [0.717, 1.165) is 49.1 Å². The molecule has 0 amide bonds. The molecule has 2 heterocycles. The zero-order valence-electron chi connectivity index (χ0n) is 11.9. The van der Waals surface area contributed by atoms with Gasteiger partial charge in [-0.25, -0.2) is 0 Å². The average molecular weight is 301 g/mol. The van der Waals surface area contributed by atoms with Crippen LogP contribution in [0.15, 0.2) is 5.16 Å². The maximum Gasteiger partial charge on any atom is 0.153 e. The lowest BCUT2D eigenvalue weighted by Crippen LogP contribution is -2.48. The monoisotopic (exact) mass is 300 g/mol. The highest BCUT2D eigenvalue weighted by Crippen LogP contribution is 2.21. The number of aryl methyl sites for hydroxylation is 2. The van der Waals surface area contributed by atoms with Crippen molar-refractivity contribution in [3.63, 3.8) is 0 Å². The van der Waals surface area contributed by atoms with Crippen molar-refractivity contribution >= 4 is 17.4 Å². The summed E-state index contributed by atoms with van der Waals surface area (Å²) in [5, 5.41) is 16.7. The van der Waals surface area contributed by atoms with Crippen molar-refractivity contribution in [3.8, 4) is 0 Å². The van der Waals surface area contributed by atoms with Crippen LogP contribution in [0, 0.1) is 6.92 Å². The number of rotatable bonds is 4. The first-order valence-electron chi connectivity index (χ1n) is 6.60. The van der Waals surface area contributed by atoms with Crippen LogP contribution in [0.2, 0.25) is 5.02 Å². The number of aromatic nitrogens is 2. The molecule has 1 saturated heterocycles. The molecule has 112 valence electrons. The summed E-state index contributed by atoms with van der Waals surface area (Å²) < 4.78 is 1.85. The van der Waals surface area contributed by atoms with E-state index in [2.05, 4.69) is 20.1 Å². The van der Waals surface area contributed by atoms with E-state index in [9.17, 15) is 0 Å². The standard InChI is InChI=1S/C12H21ClN6O/c1-9-12(13)10(17(2)15-9)7-18-3-5-19(6-4-18)8-11(14)16-20/h20H,3-8H2,1-2H3,(H2,14,16). The Kier molecular flexibility index (Phi) is 4.85. The summed E-state index contributed by atoms with van der Waals surface area (Å²) in [6.07, 6.45) is 0. The van der Waals surface area contributed by atoms with E-state index in [1.54, 1.807) is 0 Å². The predicted octanol–water partition coefficient (Wildman–Crippen LogP) is 0.246. The van der Waals surface area contributed by atoms with Gasteiger partial charge in [-0.05, 0) is 6.92 Å². The Morgan fingerprint density at radius 1 is 1.35 bits per heavy atom. The van der Waals surface area contributed by atoms with Crippen molar-refractivity contribution in [2.75, 3.05) is 32.7 Å². The highest BCUT2D eigenvalue weighted by atomic mass is 35.5. The number of piperazine rings is 1. The molecule has 0 unspecified atom stereocenters. The van der Waals surface area contributed by atoms with Crippen LogP contribution in [0.25, 0.3) is 0 Å². The highest BCUT2D eigenvalue weighted by molar-refractivity contribution is 6.31. The lowest BCUT2D eigenvalue weighted by molar-refractivity contribution is 0.136. The summed E-state index contributed by atoms with van der Waals surface area (Å²) in [5.74, 6) is 0.253. The molecule has 1 aromatic rings. The van der Waals surface area contributed by atoms with E-state index in [-0.39, 0.29) is 5.84 Å². The van der Waals surface area contributed by atoms with Gasteiger partial charge >= 0.3 is 0 Å². The number of hydrogen-bond donors (Lipinski definition) is 2. The molecule has 0 saturated carbocycles. The Labute approximate surface area is 123 Å². The van der Waals surface area contributed by atoms with Crippen LogP contribution in [-0.4, -0.2) is 63.3 Å². The second kappa shape index (κ2) is 6.43. The smallest absolute Gasteiger partial charge is 0.153 e. The Balaban J connectivity index is 1.88. The minimum Gasteiger partial charge on any atom is -0.409 e. The van der Waals surface area contributed by atoms with Gasteiger partial charge in [0, 0.05) is 39.8 Å². The van der Waals surface area contributed by atoms with Gasteiger partial charge in [-0.2, -0.15) is 5.10 Å². The first kappa shape index (κ1) is 15.1. The van der Waals surface area contributed by atoms with Gasteiger partial charge in [0.15, 0.2) is 5.84 Å². The minimum atomic E-state index is 0.253. The van der Waals surface area contributed by atoms with Crippen LogP contribution in [0.3, 0.4) is 0 Å². The third-order valence-electron chi connectivity index (χ3n) is 3.61. The lowest BCUT2D eigenvalue weighted by Gasteiger charge is -2.34. The molecule has 0 aromatic carbocycles. The molecule has 20 heavy (non-hydrogen) atoms. The Morgan fingerprint density at radius 3 is 2.45 bits per heavy atom. The van der Waals surface area contributed by atoms with Crippen molar-refractivity contribution in [2.24, 2.45) is 17.9 Å². The van der Waals surface area contributed by atoms with Crippen molar-refractivity contribution < 1.29 is 5.21 Å². The second-order valence-corrected chi connectivity index (χ2v) is 5.49. The number of hydrogen-bond acceptors (Lipinski definition) is 5. The van der Waals surface area contributed by atoms with Crippen LogP contribution in [-0.2, 0) is 13.6 Å². The van der Waals surface area contributed by atoms with Gasteiger partial charge in [-0.3, -0.25) is 14.5 Å². The number of nitrogens with zero attached hydrogens (tertiary/aromatic N) is 5. The number of nitrogens with two attached hydrogens (primary N) is 1. The fourth-order valence-corrected chi connectivity index (χ4v) is 2.65. The van der Waals surface area contributed by atoms with E-state index < -0.39 is 0 Å². The van der Waals surface area contributed by atoms with Gasteiger partial charge in [0.25, 0.3) is 0 Å². The molecule has 8 heteroatoms. The molecular weight excluding hydrogens is 280 g/mol. The van der Waals surface area contributed by atoms with Crippen LogP contribution in [0.1, 0.15) is 11.4 Å². The zero-order chi connectivity index (χ0) is 14.7. The van der Waals surface area contributed by atoms with E-state index >= 15 is 0 Å². The average Bonchev–Trinajstić information content (AvgIpc) is 2.67. The summed E-state index contributed by atoms with van der Waals surface area (Å²) in [6, 6.07) is 0. The van der Waals surface area contributed by atoms with Gasteiger partial charge in [-0.15, -0.1) is 0 Å². The molecule has 0 aliphatic carbocycles. The fourth-order valence-electron chi connectivity index (χ4n) is 2.43. The number of oxime groups is 1. The van der Waals surface area contributed by atoms with Crippen LogP contribution < -0.4 is 5.73 Å². The Hall–Kier alpha value is -1.31. The van der Waals surface area contributed by atoms with Crippen molar-refractivity contribution in [1.29, 1.82) is 0 Å². The topological polar surface area (TPSA) is 82.9 Å². The highest BCUT2D eigenvalue weighted by Gasteiger charge is 2.20. The summed E-state index contributed by atoms with van der Waals surface area (Å²) in [5.41, 5.74) is 7.44. The summed E-state index contributed by atoms with van der Waals surface area (Å²) in [4.78, 5) is 4.51. The van der Waals surface area contributed by atoms with E-state index in [1.807, 2.05) is 18.7 Å². The Bertz CT molecular complexity index is 492. The molecule has 0 radical (unpaired) electrons. The maximum absolute atomic E-state index is 8.58. The fraction of sp³-hybridized carbons (Fsp3) is 0.667. The van der Waals surface area contributed by atoms with Gasteiger partial charge in [0.1, 0.15) is 0 Å². The molecule has 1 fully saturated rings. The maximum atomic E-state index is 8.58. The van der Waals surface area contributed by atoms with E-state index in [1.165, 1.54) is 0 Å². The first-order chi connectivity index (χ1) is 9.51. The quantitative estimate of drug-likeness (QED) is 0.360. The van der Waals surface area contributed by atoms with Crippen LogP contribution in [0.4, 0.5) is 0 Å². The molecule has 0 spiro atoms. The summed E-state index contributed by atoms with van der Waals surface area (Å²) in [7, 11) is 1.92. The normalized spacial score (nSPS) is 18.6. The van der Waals surface area contributed by atoms with Crippen LogP contribution in [0.5, 0.6) is 0 Å². The first-order valence-corrected chi connectivity index (χ1v) is 6.98. The van der Waals surface area contributed by atoms with E-state index in [4.69, 9.17) is 22.5 Å². The number of amidine groups is 1. The minimum absolute atomic E-state index is 0.253. The molecule has 1 aliphatic heterocycles. The molecule has 0 bridgehead atoms. The second-order valence-electron chi connectivity index (χ2n) is 5.11. The van der Waals surface area contributed by atoms with Crippen molar-refractivity contribution in [1.82, 2.24) is 19.6 Å². The molecule has 3 N–H and O–H groups in total. The molecule has 1 aliphatic rings. The van der Waals surface area contributed by atoms with Gasteiger partial charge in [0.2, 0.25) is 0 Å². The SMILES string of the molecule is Cc1nn(C)c(CN2CCN(CC(N)=NO)CC2)c1Cl. The molecule has 7 nitrogen and oxygen atoms in total. The third kappa shape index (κ3) is 3.41. The molecule has 1 aromatic heterocycles. The predicted molar refractivity (Wildman–Crippen MR) is 78.1 cm³/mol. The van der Waals surface area contributed by atoms with E-state index in [0.29, 0.717) is 6.54 Å². The lowest BCUT2D eigenvalue weighted by atomic mass is 10.2.